The number of hydrogen-bond donors (Lipinski definition) is 1. The molecule has 0 aromatic heterocycles. The van der Waals surface area contributed by atoms with Crippen molar-refractivity contribution in [2.45, 2.75) is 37.8 Å². The van der Waals surface area contributed by atoms with E-state index in [9.17, 15) is 18.8 Å². The van der Waals surface area contributed by atoms with Crippen molar-refractivity contribution in [3.8, 4) is 6.07 Å². The maximum absolute atomic E-state index is 11.7. The van der Waals surface area contributed by atoms with Gasteiger partial charge in [-0.3, -0.25) is 0 Å². The van der Waals surface area contributed by atoms with Gasteiger partial charge in [0.25, 0.3) is 0 Å². The molecule has 0 bridgehead atoms. The average Bonchev–Trinajstić information content (AvgIpc) is 2.62. The molecule has 0 spiro atoms. The quantitative estimate of drug-likeness (QED) is 0.735. The summed E-state index contributed by atoms with van der Waals surface area (Å²) >= 11 is 0. The molecular weight excluding hydrogens is 252 g/mol. The molecule has 6 heteroatoms. The van der Waals surface area contributed by atoms with Crippen molar-refractivity contribution >= 4 is 9.84 Å². The molecule has 2 rings (SSSR count). The van der Waals surface area contributed by atoms with E-state index in [1.165, 1.54) is 0 Å². The molecule has 18 heavy (non-hydrogen) atoms. The Labute approximate surface area is 108 Å². The Morgan fingerprint density at radius 3 is 2.56 bits per heavy atom. The zero-order valence-corrected chi connectivity index (χ0v) is 11.7. The predicted octanol–water partition coefficient (Wildman–Crippen LogP) is 0.160. The van der Waals surface area contributed by atoms with E-state index in [0.717, 1.165) is 0 Å². The van der Waals surface area contributed by atoms with E-state index >= 15 is 0 Å². The van der Waals surface area contributed by atoms with E-state index in [4.69, 9.17) is 0 Å². The molecule has 3 unspecified atom stereocenters. The highest BCUT2D eigenvalue weighted by atomic mass is 32.2. The van der Waals surface area contributed by atoms with Gasteiger partial charge in [0.05, 0.1) is 23.2 Å². The SMILES string of the molecule is CC1CC(O)(C2(C#N)CCS(=O)(=O)C2)CCN1C. The van der Waals surface area contributed by atoms with Crippen LogP contribution in [0.5, 0.6) is 0 Å². The van der Waals surface area contributed by atoms with Crippen LogP contribution >= 0.6 is 0 Å². The van der Waals surface area contributed by atoms with Gasteiger partial charge in [-0.25, -0.2) is 8.42 Å². The van der Waals surface area contributed by atoms with Crippen LogP contribution < -0.4 is 0 Å². The van der Waals surface area contributed by atoms with Gasteiger partial charge in [-0.2, -0.15) is 5.26 Å². The number of hydrogen-bond acceptors (Lipinski definition) is 5. The Morgan fingerprint density at radius 2 is 2.11 bits per heavy atom. The van der Waals surface area contributed by atoms with E-state index < -0.39 is 20.9 Å². The van der Waals surface area contributed by atoms with Gasteiger partial charge < -0.3 is 10.0 Å². The van der Waals surface area contributed by atoms with Crippen LogP contribution in [0.3, 0.4) is 0 Å². The van der Waals surface area contributed by atoms with Gasteiger partial charge in [-0.1, -0.05) is 0 Å². The summed E-state index contributed by atoms with van der Waals surface area (Å²) in [6.45, 7) is 2.69. The predicted molar refractivity (Wildman–Crippen MR) is 67.6 cm³/mol. The third-order valence-corrected chi connectivity index (χ3v) is 6.43. The summed E-state index contributed by atoms with van der Waals surface area (Å²) in [5, 5.41) is 20.3. The highest BCUT2D eigenvalue weighted by Gasteiger charge is 2.58. The summed E-state index contributed by atoms with van der Waals surface area (Å²) in [6.07, 6.45) is 1.20. The molecule has 2 saturated heterocycles. The van der Waals surface area contributed by atoms with E-state index in [-0.39, 0.29) is 24.0 Å². The maximum atomic E-state index is 11.7. The fourth-order valence-electron chi connectivity index (χ4n) is 3.17. The van der Waals surface area contributed by atoms with Gasteiger partial charge in [0.15, 0.2) is 9.84 Å². The van der Waals surface area contributed by atoms with Crippen molar-refractivity contribution in [3.63, 3.8) is 0 Å². The van der Waals surface area contributed by atoms with Gasteiger partial charge in [-0.15, -0.1) is 0 Å². The van der Waals surface area contributed by atoms with E-state index in [1.54, 1.807) is 0 Å². The molecule has 0 radical (unpaired) electrons. The van der Waals surface area contributed by atoms with Gasteiger partial charge in [-0.05, 0) is 33.2 Å². The Morgan fingerprint density at radius 1 is 1.44 bits per heavy atom. The summed E-state index contributed by atoms with van der Waals surface area (Å²) < 4.78 is 23.3. The Bertz CT molecular complexity index is 484. The first-order valence-corrected chi connectivity index (χ1v) is 8.10. The van der Waals surface area contributed by atoms with Crippen molar-refractivity contribution in [1.29, 1.82) is 5.26 Å². The highest BCUT2D eigenvalue weighted by Crippen LogP contribution is 2.47. The molecule has 2 aliphatic heterocycles. The Kier molecular flexibility index (Phi) is 3.21. The molecule has 3 atom stereocenters. The molecule has 0 amide bonds. The zero-order valence-electron chi connectivity index (χ0n) is 10.9. The van der Waals surface area contributed by atoms with Crippen molar-refractivity contribution in [2.24, 2.45) is 5.41 Å². The standard InChI is InChI=1S/C12H20N2O3S/c1-10-7-12(15,3-5-14(10)2)11(8-13)4-6-18(16,17)9-11/h10,15H,3-7,9H2,1-2H3. The molecule has 1 N–H and O–H groups in total. The third kappa shape index (κ3) is 2.04. The number of rotatable bonds is 1. The minimum absolute atomic E-state index is 0.0209. The number of likely N-dealkylation sites (tertiary alicyclic amines) is 1. The minimum atomic E-state index is -3.18. The molecule has 5 nitrogen and oxygen atoms in total. The van der Waals surface area contributed by atoms with E-state index in [2.05, 4.69) is 11.0 Å². The smallest absolute Gasteiger partial charge is 0.152 e. The van der Waals surface area contributed by atoms with Crippen molar-refractivity contribution in [1.82, 2.24) is 4.90 Å². The lowest BCUT2D eigenvalue weighted by molar-refractivity contribution is -0.0984. The first-order valence-electron chi connectivity index (χ1n) is 6.28. The highest BCUT2D eigenvalue weighted by molar-refractivity contribution is 7.91. The number of sulfone groups is 1. The van der Waals surface area contributed by atoms with Gasteiger partial charge in [0, 0.05) is 12.6 Å². The van der Waals surface area contributed by atoms with Crippen LogP contribution in [-0.2, 0) is 9.84 Å². The lowest BCUT2D eigenvalue weighted by Gasteiger charge is -2.47. The summed E-state index contributed by atoms with van der Waals surface area (Å²) in [4.78, 5) is 2.13. The van der Waals surface area contributed by atoms with Gasteiger partial charge in [0.2, 0.25) is 0 Å². The summed E-state index contributed by atoms with van der Waals surface area (Å²) in [7, 11) is -1.20. The topological polar surface area (TPSA) is 81.4 Å². The molecule has 0 aromatic rings. The first-order chi connectivity index (χ1) is 8.24. The van der Waals surface area contributed by atoms with Crippen LogP contribution in [0.25, 0.3) is 0 Å². The van der Waals surface area contributed by atoms with Crippen LogP contribution in [0.15, 0.2) is 0 Å². The monoisotopic (exact) mass is 272 g/mol. The van der Waals surface area contributed by atoms with Crippen LogP contribution in [0.2, 0.25) is 0 Å². The molecule has 0 aromatic carbocycles. The summed E-state index contributed by atoms with van der Waals surface area (Å²) in [6, 6.07) is 2.30. The third-order valence-electron chi connectivity index (χ3n) is 4.67. The van der Waals surface area contributed by atoms with E-state index in [0.29, 0.717) is 19.4 Å². The van der Waals surface area contributed by atoms with Gasteiger partial charge >= 0.3 is 0 Å². The second-order valence-electron chi connectivity index (χ2n) is 5.85. The molecule has 2 heterocycles. The Hall–Kier alpha value is -0.640. The molecule has 2 fully saturated rings. The number of nitrogens with zero attached hydrogens (tertiary/aromatic N) is 2. The van der Waals surface area contributed by atoms with Crippen molar-refractivity contribution < 1.29 is 13.5 Å². The summed E-state index contributed by atoms with van der Waals surface area (Å²) in [5.41, 5.74) is -2.28. The largest absolute Gasteiger partial charge is 0.388 e. The van der Waals surface area contributed by atoms with Crippen molar-refractivity contribution in [2.75, 3.05) is 25.1 Å². The number of nitriles is 1. The Balaban J connectivity index is 2.32. The molecule has 2 aliphatic rings. The fourth-order valence-corrected chi connectivity index (χ4v) is 5.20. The van der Waals surface area contributed by atoms with Crippen molar-refractivity contribution in [3.05, 3.63) is 0 Å². The second kappa shape index (κ2) is 4.19. The molecular formula is C12H20N2O3S. The van der Waals surface area contributed by atoms with Gasteiger partial charge in [0.1, 0.15) is 5.41 Å². The molecule has 0 aliphatic carbocycles. The second-order valence-corrected chi connectivity index (χ2v) is 8.04. The van der Waals surface area contributed by atoms with Crippen LogP contribution in [0.1, 0.15) is 26.2 Å². The number of piperidine rings is 1. The maximum Gasteiger partial charge on any atom is 0.152 e. The average molecular weight is 272 g/mol. The van der Waals surface area contributed by atoms with Crippen LogP contribution in [0, 0.1) is 16.7 Å². The fraction of sp³-hybridized carbons (Fsp3) is 0.917. The van der Waals surface area contributed by atoms with Crippen LogP contribution in [-0.4, -0.2) is 55.2 Å². The van der Waals surface area contributed by atoms with Crippen LogP contribution in [0.4, 0.5) is 0 Å². The lowest BCUT2D eigenvalue weighted by atomic mass is 9.66. The summed E-state index contributed by atoms with van der Waals surface area (Å²) in [5.74, 6) is -0.170. The number of aliphatic hydroxyl groups is 1. The lowest BCUT2D eigenvalue weighted by Crippen LogP contribution is -2.57. The molecule has 0 saturated carbocycles. The minimum Gasteiger partial charge on any atom is -0.388 e. The normalized spacial score (nSPS) is 44.7. The van der Waals surface area contributed by atoms with E-state index in [1.807, 2.05) is 14.0 Å². The zero-order chi connectivity index (χ0) is 13.6. The molecule has 102 valence electrons. The first kappa shape index (κ1) is 13.8.